The SMILES string of the molecule is NCCCCNC(=O)COc1ccc(OCc2ccccc2)cc1. The summed E-state index contributed by atoms with van der Waals surface area (Å²) in [6.45, 7) is 1.80. The number of unbranched alkanes of at least 4 members (excludes halogenated alkanes) is 1. The van der Waals surface area contributed by atoms with Crippen molar-refractivity contribution in [2.24, 2.45) is 5.73 Å². The van der Waals surface area contributed by atoms with E-state index in [1.165, 1.54) is 0 Å². The van der Waals surface area contributed by atoms with Crippen LogP contribution in [0.5, 0.6) is 11.5 Å². The molecule has 0 fully saturated rings. The van der Waals surface area contributed by atoms with Crippen LogP contribution in [0.15, 0.2) is 54.6 Å². The molecule has 0 aliphatic rings. The van der Waals surface area contributed by atoms with E-state index < -0.39 is 0 Å². The van der Waals surface area contributed by atoms with Gasteiger partial charge in [0.15, 0.2) is 6.61 Å². The number of hydrogen-bond acceptors (Lipinski definition) is 4. The number of benzene rings is 2. The molecule has 2 aromatic rings. The maximum atomic E-state index is 11.6. The molecule has 2 aromatic carbocycles. The summed E-state index contributed by atoms with van der Waals surface area (Å²) in [5.74, 6) is 1.27. The van der Waals surface area contributed by atoms with Gasteiger partial charge in [-0.3, -0.25) is 4.79 Å². The summed E-state index contributed by atoms with van der Waals surface area (Å²) >= 11 is 0. The molecule has 3 N–H and O–H groups in total. The number of nitrogens with one attached hydrogen (secondary N) is 1. The number of carbonyl (C=O) groups is 1. The van der Waals surface area contributed by atoms with Crippen molar-refractivity contribution < 1.29 is 14.3 Å². The molecule has 0 heterocycles. The number of amides is 1. The van der Waals surface area contributed by atoms with Crippen molar-refractivity contribution in [3.05, 3.63) is 60.2 Å². The standard InChI is InChI=1S/C19H24N2O3/c20-12-4-5-13-21-19(22)15-24-18-10-8-17(9-11-18)23-14-16-6-2-1-3-7-16/h1-3,6-11H,4-5,12-15,20H2,(H,21,22). The monoisotopic (exact) mass is 328 g/mol. The maximum absolute atomic E-state index is 11.6. The van der Waals surface area contributed by atoms with Crippen molar-refractivity contribution in [3.63, 3.8) is 0 Å². The molecule has 0 atom stereocenters. The minimum Gasteiger partial charge on any atom is -0.489 e. The lowest BCUT2D eigenvalue weighted by Crippen LogP contribution is -2.29. The Morgan fingerprint density at radius 3 is 2.25 bits per heavy atom. The van der Waals surface area contributed by atoms with Crippen LogP contribution in [0, 0.1) is 0 Å². The summed E-state index contributed by atoms with van der Waals surface area (Å²) in [6.07, 6.45) is 1.79. The number of ether oxygens (including phenoxy) is 2. The molecular formula is C19H24N2O3. The van der Waals surface area contributed by atoms with Crippen LogP contribution in [-0.2, 0) is 11.4 Å². The fourth-order valence-corrected chi connectivity index (χ4v) is 2.07. The molecule has 0 aliphatic heterocycles. The van der Waals surface area contributed by atoms with Crippen molar-refractivity contribution >= 4 is 5.91 Å². The number of rotatable bonds is 10. The summed E-state index contributed by atoms with van der Waals surface area (Å²) in [5.41, 5.74) is 6.51. The number of nitrogens with two attached hydrogens (primary N) is 1. The molecular weight excluding hydrogens is 304 g/mol. The molecule has 0 saturated heterocycles. The van der Waals surface area contributed by atoms with E-state index in [4.69, 9.17) is 15.2 Å². The van der Waals surface area contributed by atoms with Crippen LogP contribution in [0.4, 0.5) is 0 Å². The first kappa shape index (κ1) is 17.8. The van der Waals surface area contributed by atoms with Crippen molar-refractivity contribution in [2.75, 3.05) is 19.7 Å². The van der Waals surface area contributed by atoms with Crippen molar-refractivity contribution in [1.29, 1.82) is 0 Å². The third-order valence-electron chi connectivity index (χ3n) is 3.40. The quantitative estimate of drug-likeness (QED) is 0.657. The minimum absolute atomic E-state index is 0.00679. The average molecular weight is 328 g/mol. The Bertz CT molecular complexity index is 600. The second-order valence-corrected chi connectivity index (χ2v) is 5.38. The Hall–Kier alpha value is -2.53. The fraction of sp³-hybridized carbons (Fsp3) is 0.316. The van der Waals surface area contributed by atoms with Gasteiger partial charge in [0, 0.05) is 6.54 Å². The molecule has 1 amide bonds. The Labute approximate surface area is 142 Å². The summed E-state index contributed by atoms with van der Waals surface area (Å²) in [5, 5.41) is 2.79. The zero-order chi connectivity index (χ0) is 17.0. The van der Waals surface area contributed by atoms with E-state index in [0.29, 0.717) is 25.4 Å². The molecule has 2 rings (SSSR count). The summed E-state index contributed by atoms with van der Waals surface area (Å²) in [6, 6.07) is 17.2. The predicted octanol–water partition coefficient (Wildman–Crippen LogP) is 2.50. The molecule has 128 valence electrons. The van der Waals surface area contributed by atoms with Crippen molar-refractivity contribution in [1.82, 2.24) is 5.32 Å². The molecule has 0 aliphatic carbocycles. The zero-order valence-electron chi connectivity index (χ0n) is 13.7. The molecule has 24 heavy (non-hydrogen) atoms. The van der Waals surface area contributed by atoms with Crippen LogP contribution in [-0.4, -0.2) is 25.6 Å². The average Bonchev–Trinajstić information content (AvgIpc) is 2.63. The summed E-state index contributed by atoms with van der Waals surface area (Å²) in [7, 11) is 0. The summed E-state index contributed by atoms with van der Waals surface area (Å²) < 4.78 is 11.2. The topological polar surface area (TPSA) is 73.6 Å². The number of hydrogen-bond donors (Lipinski definition) is 2. The van der Waals surface area contributed by atoms with E-state index >= 15 is 0 Å². The third-order valence-corrected chi connectivity index (χ3v) is 3.40. The maximum Gasteiger partial charge on any atom is 0.257 e. The second-order valence-electron chi connectivity index (χ2n) is 5.38. The molecule has 0 unspecified atom stereocenters. The Balaban J connectivity index is 1.69. The second kappa shape index (κ2) is 10.3. The highest BCUT2D eigenvalue weighted by molar-refractivity contribution is 5.77. The first-order valence-corrected chi connectivity index (χ1v) is 8.14. The zero-order valence-corrected chi connectivity index (χ0v) is 13.7. The normalized spacial score (nSPS) is 10.2. The highest BCUT2D eigenvalue weighted by Crippen LogP contribution is 2.18. The van der Waals surface area contributed by atoms with Gasteiger partial charge in [0.1, 0.15) is 18.1 Å². The van der Waals surface area contributed by atoms with Gasteiger partial charge in [-0.05, 0) is 49.2 Å². The van der Waals surface area contributed by atoms with Crippen LogP contribution in [0.1, 0.15) is 18.4 Å². The van der Waals surface area contributed by atoms with Crippen LogP contribution in [0.2, 0.25) is 0 Å². The van der Waals surface area contributed by atoms with Crippen molar-refractivity contribution in [2.45, 2.75) is 19.4 Å². The Morgan fingerprint density at radius 2 is 1.58 bits per heavy atom. The molecule has 0 saturated carbocycles. The van der Waals surface area contributed by atoms with Gasteiger partial charge in [0.05, 0.1) is 0 Å². The van der Waals surface area contributed by atoms with Gasteiger partial charge in [0.2, 0.25) is 0 Å². The van der Waals surface area contributed by atoms with Crippen molar-refractivity contribution in [3.8, 4) is 11.5 Å². The van der Waals surface area contributed by atoms with Crippen LogP contribution in [0.25, 0.3) is 0 Å². The van der Waals surface area contributed by atoms with Crippen LogP contribution in [0.3, 0.4) is 0 Å². The highest BCUT2D eigenvalue weighted by atomic mass is 16.5. The van der Waals surface area contributed by atoms with Crippen LogP contribution < -0.4 is 20.5 Å². The minimum atomic E-state index is -0.128. The lowest BCUT2D eigenvalue weighted by Gasteiger charge is -2.09. The van der Waals surface area contributed by atoms with Gasteiger partial charge >= 0.3 is 0 Å². The van der Waals surface area contributed by atoms with Gasteiger partial charge in [-0.2, -0.15) is 0 Å². The fourth-order valence-electron chi connectivity index (χ4n) is 2.07. The van der Waals surface area contributed by atoms with E-state index in [9.17, 15) is 4.79 Å². The van der Waals surface area contributed by atoms with Gasteiger partial charge < -0.3 is 20.5 Å². The lowest BCUT2D eigenvalue weighted by atomic mass is 10.2. The first-order valence-electron chi connectivity index (χ1n) is 8.14. The largest absolute Gasteiger partial charge is 0.489 e. The van der Waals surface area contributed by atoms with E-state index in [2.05, 4.69) is 5.32 Å². The van der Waals surface area contributed by atoms with Gasteiger partial charge in [-0.25, -0.2) is 0 Å². The highest BCUT2D eigenvalue weighted by Gasteiger charge is 2.03. The molecule has 0 aromatic heterocycles. The molecule has 5 nitrogen and oxygen atoms in total. The smallest absolute Gasteiger partial charge is 0.257 e. The van der Waals surface area contributed by atoms with E-state index in [0.717, 1.165) is 24.2 Å². The predicted molar refractivity (Wildman–Crippen MR) is 94.0 cm³/mol. The number of carbonyl (C=O) groups excluding carboxylic acids is 1. The lowest BCUT2D eigenvalue weighted by molar-refractivity contribution is -0.123. The van der Waals surface area contributed by atoms with Gasteiger partial charge in [0.25, 0.3) is 5.91 Å². The van der Waals surface area contributed by atoms with Gasteiger partial charge in [-0.1, -0.05) is 30.3 Å². The first-order chi connectivity index (χ1) is 11.8. The molecule has 0 bridgehead atoms. The van der Waals surface area contributed by atoms with Crippen LogP contribution >= 0.6 is 0 Å². The Morgan fingerprint density at radius 1 is 0.917 bits per heavy atom. The van der Waals surface area contributed by atoms with Gasteiger partial charge in [-0.15, -0.1) is 0 Å². The molecule has 0 radical (unpaired) electrons. The third kappa shape index (κ3) is 6.71. The van der Waals surface area contributed by atoms with E-state index in [-0.39, 0.29) is 12.5 Å². The van der Waals surface area contributed by atoms with E-state index in [1.54, 1.807) is 12.1 Å². The van der Waals surface area contributed by atoms with E-state index in [1.807, 2.05) is 42.5 Å². The molecule has 0 spiro atoms. The Kier molecular flexibility index (Phi) is 7.63. The molecule has 5 heteroatoms. The summed E-state index contributed by atoms with van der Waals surface area (Å²) in [4.78, 5) is 11.6.